The smallest absolute Gasteiger partial charge is 0.267 e. The highest BCUT2D eigenvalue weighted by Gasteiger charge is 2.11. The number of rotatable bonds is 2. The minimum absolute atomic E-state index is 0.179. The second kappa shape index (κ2) is 4.86. The third-order valence-electron chi connectivity index (χ3n) is 3.40. The molecule has 0 bridgehead atoms. The normalized spacial score (nSPS) is 10.7. The van der Waals surface area contributed by atoms with Gasteiger partial charge in [0.25, 0.3) is 5.91 Å². The van der Waals surface area contributed by atoms with Crippen LogP contribution in [0.2, 0.25) is 0 Å². The predicted octanol–water partition coefficient (Wildman–Crippen LogP) is 1.74. The lowest BCUT2D eigenvalue weighted by molar-refractivity contribution is -0.604. The number of pyridine rings is 2. The number of fused-ring (bicyclic) bond motifs is 1. The average molecular weight is 278 g/mol. The number of carbonyl (C=O) groups is 1. The van der Waals surface area contributed by atoms with Crippen molar-refractivity contribution in [3.05, 3.63) is 65.4 Å². The first kappa shape index (κ1) is 13.1. The summed E-state index contributed by atoms with van der Waals surface area (Å²) in [6, 6.07) is 9.01. The van der Waals surface area contributed by atoms with Gasteiger partial charge in [0.05, 0.1) is 6.20 Å². The molecule has 5 heteroatoms. The Bertz CT molecular complexity index is 859. The second-order valence-electron chi connectivity index (χ2n) is 4.80. The minimum Gasteiger partial charge on any atom is -0.619 e. The largest absolute Gasteiger partial charge is 0.619 e. The SMILES string of the molecule is Cc1cc[n+]([O-])cc1-c1ccc2c[c]nc(C(N)=O)c2c1. The van der Waals surface area contributed by atoms with Gasteiger partial charge in [-0.3, -0.25) is 4.79 Å². The summed E-state index contributed by atoms with van der Waals surface area (Å²) in [4.78, 5) is 15.4. The Kier molecular flexibility index (Phi) is 3.02. The monoisotopic (exact) mass is 278 g/mol. The van der Waals surface area contributed by atoms with Crippen LogP contribution >= 0.6 is 0 Å². The number of aryl methyl sites for hydroxylation is 1. The molecule has 3 aromatic rings. The van der Waals surface area contributed by atoms with Gasteiger partial charge in [-0.1, -0.05) is 12.1 Å². The van der Waals surface area contributed by atoms with E-state index in [1.807, 2.05) is 25.1 Å². The Morgan fingerprint density at radius 2 is 2.19 bits per heavy atom. The van der Waals surface area contributed by atoms with Gasteiger partial charge in [-0.15, -0.1) is 0 Å². The Balaban J connectivity index is 2.28. The van der Waals surface area contributed by atoms with E-state index in [9.17, 15) is 10.0 Å². The lowest BCUT2D eigenvalue weighted by Crippen LogP contribution is -2.24. The van der Waals surface area contributed by atoms with Crippen LogP contribution in [0, 0.1) is 18.3 Å². The summed E-state index contributed by atoms with van der Waals surface area (Å²) in [6.45, 7) is 1.92. The zero-order chi connectivity index (χ0) is 15.0. The highest BCUT2D eigenvalue weighted by atomic mass is 16.5. The van der Waals surface area contributed by atoms with Crippen molar-refractivity contribution < 1.29 is 9.52 Å². The molecule has 0 aliphatic carbocycles. The van der Waals surface area contributed by atoms with E-state index in [4.69, 9.17) is 5.73 Å². The van der Waals surface area contributed by atoms with Crippen molar-refractivity contribution >= 4 is 16.7 Å². The Morgan fingerprint density at radius 1 is 1.38 bits per heavy atom. The van der Waals surface area contributed by atoms with Gasteiger partial charge in [0.1, 0.15) is 5.69 Å². The number of hydrogen-bond donors (Lipinski definition) is 1. The van der Waals surface area contributed by atoms with Crippen molar-refractivity contribution in [2.24, 2.45) is 5.73 Å². The molecule has 1 amide bonds. The molecular formula is C16H12N3O2. The molecule has 21 heavy (non-hydrogen) atoms. The molecule has 0 atom stereocenters. The van der Waals surface area contributed by atoms with E-state index in [0.717, 1.165) is 26.8 Å². The molecular weight excluding hydrogens is 266 g/mol. The van der Waals surface area contributed by atoms with Crippen molar-refractivity contribution in [3.8, 4) is 11.1 Å². The number of benzene rings is 1. The number of nitrogens with zero attached hydrogens (tertiary/aromatic N) is 2. The zero-order valence-electron chi connectivity index (χ0n) is 11.3. The molecule has 5 nitrogen and oxygen atoms in total. The number of primary amides is 1. The van der Waals surface area contributed by atoms with Crippen LogP contribution in [0.5, 0.6) is 0 Å². The van der Waals surface area contributed by atoms with Crippen LogP contribution in [0.4, 0.5) is 0 Å². The van der Waals surface area contributed by atoms with Gasteiger partial charge >= 0.3 is 0 Å². The molecule has 0 unspecified atom stereocenters. The van der Waals surface area contributed by atoms with Crippen molar-refractivity contribution in [2.45, 2.75) is 6.92 Å². The molecule has 0 saturated heterocycles. The topological polar surface area (TPSA) is 82.9 Å². The first-order valence-electron chi connectivity index (χ1n) is 6.37. The number of nitrogens with two attached hydrogens (primary N) is 1. The van der Waals surface area contributed by atoms with E-state index in [2.05, 4.69) is 11.2 Å². The Hall–Kier alpha value is -2.95. The van der Waals surface area contributed by atoms with Crippen LogP contribution in [-0.2, 0) is 0 Å². The maximum Gasteiger partial charge on any atom is 0.267 e. The zero-order valence-corrected chi connectivity index (χ0v) is 11.3. The van der Waals surface area contributed by atoms with E-state index in [1.165, 1.54) is 12.4 Å². The van der Waals surface area contributed by atoms with E-state index < -0.39 is 5.91 Å². The van der Waals surface area contributed by atoms with Crippen LogP contribution in [-0.4, -0.2) is 10.9 Å². The van der Waals surface area contributed by atoms with Crippen molar-refractivity contribution in [1.82, 2.24) is 4.98 Å². The molecule has 0 fully saturated rings. The Labute approximate surface area is 121 Å². The molecule has 0 aliphatic rings. The van der Waals surface area contributed by atoms with Crippen LogP contribution in [0.25, 0.3) is 21.9 Å². The number of hydrogen-bond acceptors (Lipinski definition) is 3. The summed E-state index contributed by atoms with van der Waals surface area (Å²) in [5.41, 5.74) is 8.13. The standard InChI is InChI=1S/C16H12N3O2/c1-10-5-7-19(21)9-14(10)12-3-2-11-4-6-18-15(16(17)20)13(11)8-12/h2-5,7-9H,1H3,(H2,17,20). The van der Waals surface area contributed by atoms with Gasteiger partial charge in [0.2, 0.25) is 0 Å². The molecule has 1 radical (unpaired) electrons. The van der Waals surface area contributed by atoms with Gasteiger partial charge in [-0.25, -0.2) is 4.98 Å². The first-order chi connectivity index (χ1) is 10.1. The average Bonchev–Trinajstić information content (AvgIpc) is 2.48. The van der Waals surface area contributed by atoms with E-state index >= 15 is 0 Å². The maximum atomic E-state index is 11.5. The third-order valence-corrected chi connectivity index (χ3v) is 3.40. The summed E-state index contributed by atoms with van der Waals surface area (Å²) in [6.07, 6.45) is 5.61. The van der Waals surface area contributed by atoms with Crippen LogP contribution in [0.1, 0.15) is 16.1 Å². The molecule has 0 saturated carbocycles. The summed E-state index contributed by atoms with van der Waals surface area (Å²) in [5, 5.41) is 13.0. The van der Waals surface area contributed by atoms with Crippen molar-refractivity contribution in [1.29, 1.82) is 0 Å². The summed E-state index contributed by atoms with van der Waals surface area (Å²) in [7, 11) is 0. The number of carbonyl (C=O) groups excluding carboxylic acids is 1. The highest BCUT2D eigenvalue weighted by molar-refractivity contribution is 6.05. The van der Waals surface area contributed by atoms with Crippen LogP contribution in [0.3, 0.4) is 0 Å². The second-order valence-corrected chi connectivity index (χ2v) is 4.80. The van der Waals surface area contributed by atoms with Crippen molar-refractivity contribution in [3.63, 3.8) is 0 Å². The fraction of sp³-hybridized carbons (Fsp3) is 0.0625. The predicted molar refractivity (Wildman–Crippen MR) is 78.2 cm³/mol. The highest BCUT2D eigenvalue weighted by Crippen LogP contribution is 2.27. The fourth-order valence-corrected chi connectivity index (χ4v) is 2.32. The lowest BCUT2D eigenvalue weighted by Gasteiger charge is -2.08. The van der Waals surface area contributed by atoms with Crippen LogP contribution in [0.15, 0.2) is 42.7 Å². The lowest BCUT2D eigenvalue weighted by atomic mass is 9.99. The van der Waals surface area contributed by atoms with Gasteiger partial charge in [0.15, 0.2) is 12.4 Å². The summed E-state index contributed by atoms with van der Waals surface area (Å²) < 4.78 is 0.749. The molecule has 1 aromatic carbocycles. The third kappa shape index (κ3) is 2.29. The maximum absolute atomic E-state index is 11.5. The molecule has 3 rings (SSSR count). The molecule has 0 aliphatic heterocycles. The fourth-order valence-electron chi connectivity index (χ4n) is 2.32. The van der Waals surface area contributed by atoms with E-state index in [1.54, 1.807) is 12.1 Å². The van der Waals surface area contributed by atoms with Gasteiger partial charge in [-0.2, -0.15) is 4.73 Å². The van der Waals surface area contributed by atoms with E-state index in [0.29, 0.717) is 5.39 Å². The van der Waals surface area contributed by atoms with Gasteiger partial charge in [0, 0.05) is 17.0 Å². The molecule has 2 heterocycles. The summed E-state index contributed by atoms with van der Waals surface area (Å²) >= 11 is 0. The van der Waals surface area contributed by atoms with E-state index in [-0.39, 0.29) is 5.69 Å². The number of amides is 1. The van der Waals surface area contributed by atoms with Gasteiger partial charge < -0.3 is 10.9 Å². The number of aromatic nitrogens is 2. The summed E-state index contributed by atoms with van der Waals surface area (Å²) in [5.74, 6) is -0.599. The minimum atomic E-state index is -0.599. The van der Waals surface area contributed by atoms with Crippen LogP contribution < -0.4 is 10.5 Å². The molecule has 0 spiro atoms. The molecule has 2 aromatic heterocycles. The Morgan fingerprint density at radius 3 is 2.95 bits per heavy atom. The molecule has 103 valence electrons. The van der Waals surface area contributed by atoms with Gasteiger partial charge in [-0.05, 0) is 35.6 Å². The molecule has 2 N–H and O–H groups in total. The first-order valence-corrected chi connectivity index (χ1v) is 6.37. The van der Waals surface area contributed by atoms with Crippen molar-refractivity contribution in [2.75, 3.05) is 0 Å². The quantitative estimate of drug-likeness (QED) is 0.572.